The number of aliphatic hydroxyl groups is 1. The molecule has 1 saturated carbocycles. The first-order valence-corrected chi connectivity index (χ1v) is 10.7. The van der Waals surface area contributed by atoms with Crippen molar-refractivity contribution < 1.29 is 18.6 Å². The predicted molar refractivity (Wildman–Crippen MR) is 118 cm³/mol. The molecule has 2 aromatic rings. The average molecular weight is 462 g/mol. The largest absolute Gasteiger partial charge is 0.471 e. The van der Waals surface area contributed by atoms with Gasteiger partial charge in [0.1, 0.15) is 23.8 Å². The molecule has 1 aliphatic carbocycles. The van der Waals surface area contributed by atoms with Gasteiger partial charge in [0.15, 0.2) is 6.61 Å². The highest BCUT2D eigenvalue weighted by atomic mass is 19.3. The van der Waals surface area contributed by atoms with Gasteiger partial charge in [0.2, 0.25) is 11.8 Å². The Morgan fingerprint density at radius 3 is 2.73 bits per heavy atom. The zero-order valence-corrected chi connectivity index (χ0v) is 19.2. The van der Waals surface area contributed by atoms with E-state index in [-0.39, 0.29) is 29.8 Å². The molecule has 0 amide bonds. The van der Waals surface area contributed by atoms with Gasteiger partial charge in [-0.15, -0.1) is 0 Å². The molecule has 0 saturated heterocycles. The van der Waals surface area contributed by atoms with Crippen molar-refractivity contribution in [3.63, 3.8) is 0 Å². The second kappa shape index (κ2) is 9.39. The third-order valence-electron chi connectivity index (χ3n) is 6.09. The van der Waals surface area contributed by atoms with Crippen LogP contribution in [-0.2, 0) is 6.54 Å². The predicted octanol–water partition coefficient (Wildman–Crippen LogP) is 3.53. The summed E-state index contributed by atoms with van der Waals surface area (Å²) in [6, 6.07) is 2.12. The van der Waals surface area contributed by atoms with Crippen molar-refractivity contribution in [1.82, 2.24) is 19.9 Å². The number of nitrogens with one attached hydrogen (secondary N) is 2. The first-order valence-electron chi connectivity index (χ1n) is 10.7. The van der Waals surface area contributed by atoms with Crippen molar-refractivity contribution in [2.45, 2.75) is 71.1 Å². The van der Waals surface area contributed by atoms with Crippen LogP contribution in [-0.4, -0.2) is 49.2 Å². The molecule has 178 valence electrons. The molecule has 0 spiro atoms. The highest BCUT2D eigenvalue weighted by molar-refractivity contribution is 5.54. The first-order chi connectivity index (χ1) is 15.4. The molecular weight excluding hydrogens is 432 g/mol. The van der Waals surface area contributed by atoms with Crippen LogP contribution in [0.25, 0.3) is 0 Å². The minimum Gasteiger partial charge on any atom is -0.471 e. The molecule has 0 bridgehead atoms. The molecule has 3 rings (SSSR count). The molecule has 3 N–H and O–H groups in total. The lowest BCUT2D eigenvalue weighted by Crippen LogP contribution is -2.49. The summed E-state index contributed by atoms with van der Waals surface area (Å²) in [7, 11) is 0. The third kappa shape index (κ3) is 6.22. The first kappa shape index (κ1) is 24.5. The quantitative estimate of drug-likeness (QED) is 0.541. The van der Waals surface area contributed by atoms with Crippen LogP contribution in [0.3, 0.4) is 0 Å². The van der Waals surface area contributed by atoms with Crippen LogP contribution in [0.2, 0.25) is 0 Å². The average Bonchev–Trinajstić information content (AvgIpc) is 2.73. The number of halogens is 2. The maximum Gasteiger partial charge on any atom is 0.278 e. The Morgan fingerprint density at radius 2 is 2.06 bits per heavy atom. The van der Waals surface area contributed by atoms with E-state index < -0.39 is 18.1 Å². The van der Waals surface area contributed by atoms with Gasteiger partial charge < -0.3 is 20.5 Å². The van der Waals surface area contributed by atoms with Gasteiger partial charge in [-0.05, 0) is 31.6 Å². The minimum atomic E-state index is -2.99. The Morgan fingerprint density at radius 1 is 1.30 bits per heavy atom. The van der Waals surface area contributed by atoms with Crippen LogP contribution in [0, 0.1) is 16.7 Å². The molecule has 0 aromatic carbocycles. The van der Waals surface area contributed by atoms with E-state index >= 15 is 0 Å². The van der Waals surface area contributed by atoms with Crippen LogP contribution in [0.15, 0.2) is 18.7 Å². The summed E-state index contributed by atoms with van der Waals surface area (Å²) in [5.74, 6) is -2.31. The fourth-order valence-electron chi connectivity index (χ4n) is 3.67. The molecule has 2 atom stereocenters. The summed E-state index contributed by atoms with van der Waals surface area (Å²) in [6.07, 6.45) is 6.17. The van der Waals surface area contributed by atoms with Gasteiger partial charge in [-0.3, -0.25) is 0 Å². The number of nitrogens with zero attached hydrogens (tertiary/aromatic N) is 5. The number of hydrogen-bond donors (Lipinski definition) is 3. The fraction of sp³-hybridized carbons (Fsp3) is 0.591. The standard InChI is InChI=1S/C22H29F2N7O2/c1-20(2)7-16(5-6-21(20,3)32)30-17-14(8-25)10-27-19(31-17)28-11-15-9-26-13-29-18(15)33-12-22(4,23)24/h9-10,13,16,32H,5-7,11-12H2,1-4H3,(H2,27,28,30,31)/t16-,21-/m1/s1. The molecule has 2 heterocycles. The lowest BCUT2D eigenvalue weighted by atomic mass is 9.65. The Hall–Kier alpha value is -3.13. The van der Waals surface area contributed by atoms with Crippen LogP contribution in [0.5, 0.6) is 5.88 Å². The zero-order chi connectivity index (χ0) is 24.3. The van der Waals surface area contributed by atoms with Gasteiger partial charge in [-0.1, -0.05) is 13.8 Å². The van der Waals surface area contributed by atoms with Gasteiger partial charge >= 0.3 is 0 Å². The van der Waals surface area contributed by atoms with Crippen LogP contribution in [0.1, 0.15) is 58.1 Å². The molecule has 9 nitrogen and oxygen atoms in total. The maximum absolute atomic E-state index is 13.1. The lowest BCUT2D eigenvalue weighted by molar-refractivity contribution is -0.0840. The summed E-state index contributed by atoms with van der Waals surface area (Å²) in [4.78, 5) is 16.4. The van der Waals surface area contributed by atoms with Crippen molar-refractivity contribution in [2.75, 3.05) is 17.2 Å². The molecule has 1 aliphatic rings. The third-order valence-corrected chi connectivity index (χ3v) is 6.09. The van der Waals surface area contributed by atoms with E-state index in [1.54, 1.807) is 0 Å². The van der Waals surface area contributed by atoms with Crippen LogP contribution >= 0.6 is 0 Å². The molecule has 0 aliphatic heterocycles. The van der Waals surface area contributed by atoms with E-state index in [2.05, 4.69) is 36.6 Å². The molecule has 11 heteroatoms. The Kier molecular flexibility index (Phi) is 6.97. The molecule has 33 heavy (non-hydrogen) atoms. The summed E-state index contributed by atoms with van der Waals surface area (Å²) in [5.41, 5.74) is -0.308. The van der Waals surface area contributed by atoms with Crippen LogP contribution in [0.4, 0.5) is 20.5 Å². The number of nitriles is 1. The van der Waals surface area contributed by atoms with Crippen molar-refractivity contribution in [1.29, 1.82) is 5.26 Å². The summed E-state index contributed by atoms with van der Waals surface area (Å²) in [6.45, 7) is 5.99. The second-order valence-electron chi connectivity index (χ2n) is 9.38. The molecule has 0 radical (unpaired) electrons. The monoisotopic (exact) mass is 461 g/mol. The van der Waals surface area contributed by atoms with Gasteiger partial charge in [0.25, 0.3) is 5.92 Å². The topological polar surface area (TPSA) is 129 Å². The summed E-state index contributed by atoms with van der Waals surface area (Å²) in [5, 5.41) is 26.4. The minimum absolute atomic E-state index is 0.0355. The number of ether oxygens (including phenoxy) is 1. The van der Waals surface area contributed by atoms with Crippen molar-refractivity contribution in [2.24, 2.45) is 5.41 Å². The molecular formula is C22H29F2N7O2. The number of rotatable bonds is 8. The number of hydrogen-bond acceptors (Lipinski definition) is 9. The Labute approximate surface area is 191 Å². The van der Waals surface area contributed by atoms with E-state index in [4.69, 9.17) is 4.74 Å². The van der Waals surface area contributed by atoms with E-state index in [9.17, 15) is 19.1 Å². The van der Waals surface area contributed by atoms with Crippen molar-refractivity contribution >= 4 is 11.8 Å². The highest BCUT2D eigenvalue weighted by Gasteiger charge is 2.44. The van der Waals surface area contributed by atoms with Gasteiger partial charge in [0.05, 0.1) is 17.4 Å². The van der Waals surface area contributed by atoms with E-state index in [0.29, 0.717) is 29.8 Å². The zero-order valence-electron chi connectivity index (χ0n) is 19.2. The smallest absolute Gasteiger partial charge is 0.278 e. The molecule has 0 unspecified atom stereocenters. The van der Waals surface area contributed by atoms with E-state index in [0.717, 1.165) is 13.3 Å². The summed E-state index contributed by atoms with van der Waals surface area (Å²) < 4.78 is 31.4. The maximum atomic E-state index is 13.1. The molecule has 1 fully saturated rings. The van der Waals surface area contributed by atoms with E-state index in [1.807, 2.05) is 20.8 Å². The lowest BCUT2D eigenvalue weighted by Gasteiger charge is -2.47. The van der Waals surface area contributed by atoms with Crippen LogP contribution < -0.4 is 15.4 Å². The van der Waals surface area contributed by atoms with E-state index in [1.165, 1.54) is 18.7 Å². The number of alkyl halides is 2. The Balaban J connectivity index is 1.71. The van der Waals surface area contributed by atoms with Gasteiger partial charge in [0, 0.05) is 25.7 Å². The number of anilines is 2. The summed E-state index contributed by atoms with van der Waals surface area (Å²) >= 11 is 0. The van der Waals surface area contributed by atoms with Crippen molar-refractivity contribution in [3.8, 4) is 11.9 Å². The second-order valence-corrected chi connectivity index (χ2v) is 9.38. The van der Waals surface area contributed by atoms with Crippen molar-refractivity contribution in [3.05, 3.63) is 29.8 Å². The highest BCUT2D eigenvalue weighted by Crippen LogP contribution is 2.44. The normalized spacial score (nSPS) is 22.3. The van der Waals surface area contributed by atoms with Gasteiger partial charge in [-0.25, -0.2) is 23.7 Å². The SMILES string of the molecule is CC(F)(F)COc1ncncc1CNc1ncc(C#N)c(N[C@@H]2CC[C@@](C)(O)C(C)(C)C2)n1. The Bertz CT molecular complexity index is 1020. The fourth-order valence-corrected chi connectivity index (χ4v) is 3.67. The van der Waals surface area contributed by atoms with Gasteiger partial charge in [-0.2, -0.15) is 10.2 Å². The number of aromatic nitrogens is 4. The molecule has 2 aromatic heterocycles.